The molecular formula is C30H22F7N3O4S. The van der Waals surface area contributed by atoms with Gasteiger partial charge >= 0.3 is 12.8 Å². The summed E-state index contributed by atoms with van der Waals surface area (Å²) >= 11 is 0. The normalized spacial score (nSPS) is 12.3. The van der Waals surface area contributed by atoms with Crippen LogP contribution in [0.15, 0.2) is 64.0 Å². The van der Waals surface area contributed by atoms with Gasteiger partial charge in [0.1, 0.15) is 11.5 Å². The van der Waals surface area contributed by atoms with E-state index < -0.39 is 45.7 Å². The summed E-state index contributed by atoms with van der Waals surface area (Å²) in [5, 5.41) is 0. The van der Waals surface area contributed by atoms with Crippen molar-refractivity contribution in [1.29, 1.82) is 0 Å². The summed E-state index contributed by atoms with van der Waals surface area (Å²) in [6.07, 6.45) is -2.95. The molecule has 0 spiro atoms. The van der Waals surface area contributed by atoms with Gasteiger partial charge in [-0.05, 0) is 60.9 Å². The quantitative estimate of drug-likeness (QED) is 0.165. The molecule has 236 valence electrons. The van der Waals surface area contributed by atoms with Crippen molar-refractivity contribution in [2.45, 2.75) is 38.5 Å². The minimum absolute atomic E-state index is 0.00175. The van der Waals surface area contributed by atoms with E-state index in [1.54, 1.807) is 25.1 Å². The number of alkyl halides is 5. The lowest BCUT2D eigenvalue weighted by molar-refractivity contribution is -0.141. The van der Waals surface area contributed by atoms with Gasteiger partial charge in [0.2, 0.25) is 0 Å². The standard InChI is InChI=1S/C30H22F7N3O4S/c1-14-5-6-18(12-24(14)45(4,41)42)17-7-8-23(40-13-25(30(35,36)37)38-15(40)2)20(9-17)26-27(43-16(3)39-26)19-10-21(31)28(22(32)11-19)44-29(33)34/h5-13,29H,1-4H3. The molecule has 7 nitrogen and oxygen atoms in total. The SMILES string of the molecule is Cc1nc(-c2cc(-c3ccc(C)c(S(C)(=O)=O)c3)ccc2-n2cc(C(F)(F)F)nc2C)c(-c2cc(F)c(OC(F)F)c(F)c2)o1. The van der Waals surface area contributed by atoms with Crippen LogP contribution in [0.3, 0.4) is 0 Å². The van der Waals surface area contributed by atoms with Crippen molar-refractivity contribution in [3.05, 3.63) is 89.3 Å². The molecule has 15 heteroatoms. The van der Waals surface area contributed by atoms with Gasteiger partial charge in [-0.3, -0.25) is 0 Å². The van der Waals surface area contributed by atoms with Crippen LogP contribution in [0, 0.1) is 32.4 Å². The first kappa shape index (κ1) is 31.8. The Balaban J connectivity index is 1.78. The second-order valence-corrected chi connectivity index (χ2v) is 12.1. The highest BCUT2D eigenvalue weighted by molar-refractivity contribution is 7.90. The predicted octanol–water partition coefficient (Wildman–Crippen LogP) is 8.09. The lowest BCUT2D eigenvalue weighted by atomic mass is 9.97. The van der Waals surface area contributed by atoms with Gasteiger partial charge in [0.05, 0.1) is 10.6 Å². The maximum Gasteiger partial charge on any atom is 0.434 e. The van der Waals surface area contributed by atoms with Crippen LogP contribution >= 0.6 is 0 Å². The molecule has 0 aliphatic carbocycles. The second-order valence-electron chi connectivity index (χ2n) is 10.1. The molecule has 2 aromatic heterocycles. The highest BCUT2D eigenvalue weighted by atomic mass is 32.2. The largest absolute Gasteiger partial charge is 0.440 e. The number of oxazole rings is 1. The van der Waals surface area contributed by atoms with Crippen LogP contribution in [-0.4, -0.2) is 35.8 Å². The van der Waals surface area contributed by atoms with E-state index in [1.165, 1.54) is 32.0 Å². The van der Waals surface area contributed by atoms with E-state index in [-0.39, 0.29) is 44.9 Å². The molecule has 5 rings (SSSR count). The van der Waals surface area contributed by atoms with Crippen LogP contribution in [-0.2, 0) is 16.0 Å². The molecule has 0 atom stereocenters. The molecule has 0 amide bonds. The number of ether oxygens (including phenoxy) is 1. The third-order valence-corrected chi connectivity index (χ3v) is 8.05. The Morgan fingerprint density at radius 2 is 1.51 bits per heavy atom. The molecule has 0 radical (unpaired) electrons. The van der Waals surface area contributed by atoms with Crippen LogP contribution in [0.5, 0.6) is 5.75 Å². The summed E-state index contributed by atoms with van der Waals surface area (Å²) in [6.45, 7) is 0.875. The molecule has 3 aromatic carbocycles. The molecule has 0 aliphatic rings. The van der Waals surface area contributed by atoms with Gasteiger partial charge in [0.25, 0.3) is 0 Å². The number of aryl methyl sites for hydroxylation is 3. The first-order valence-electron chi connectivity index (χ1n) is 12.9. The van der Waals surface area contributed by atoms with Crippen LogP contribution in [0.25, 0.3) is 39.4 Å². The molecular weight excluding hydrogens is 631 g/mol. The van der Waals surface area contributed by atoms with Crippen molar-refractivity contribution >= 4 is 9.84 Å². The van der Waals surface area contributed by atoms with Crippen molar-refractivity contribution in [1.82, 2.24) is 14.5 Å². The molecule has 5 aromatic rings. The van der Waals surface area contributed by atoms with E-state index in [0.29, 0.717) is 28.8 Å². The average Bonchev–Trinajstić information content (AvgIpc) is 3.52. The van der Waals surface area contributed by atoms with Gasteiger partial charge < -0.3 is 13.7 Å². The monoisotopic (exact) mass is 653 g/mol. The number of hydrogen-bond donors (Lipinski definition) is 0. The van der Waals surface area contributed by atoms with Crippen LogP contribution in [0.2, 0.25) is 0 Å². The highest BCUT2D eigenvalue weighted by Crippen LogP contribution is 2.41. The summed E-state index contributed by atoms with van der Waals surface area (Å²) in [7, 11) is -3.63. The molecule has 0 bridgehead atoms. The van der Waals surface area contributed by atoms with Gasteiger partial charge in [-0.2, -0.15) is 22.0 Å². The summed E-state index contributed by atoms with van der Waals surface area (Å²) < 4.78 is 131. The van der Waals surface area contributed by atoms with Crippen LogP contribution in [0.4, 0.5) is 30.7 Å². The van der Waals surface area contributed by atoms with Gasteiger partial charge in [-0.1, -0.05) is 18.2 Å². The number of rotatable bonds is 7. The zero-order valence-corrected chi connectivity index (χ0v) is 24.6. The number of halogens is 7. The van der Waals surface area contributed by atoms with E-state index >= 15 is 0 Å². The van der Waals surface area contributed by atoms with Crippen molar-refractivity contribution in [3.8, 4) is 45.1 Å². The van der Waals surface area contributed by atoms with Crippen molar-refractivity contribution in [3.63, 3.8) is 0 Å². The van der Waals surface area contributed by atoms with Crippen LogP contribution < -0.4 is 4.74 Å². The Kier molecular flexibility index (Phi) is 8.02. The average molecular weight is 654 g/mol. The number of hydrogen-bond acceptors (Lipinski definition) is 6. The maximum absolute atomic E-state index is 14.7. The van der Waals surface area contributed by atoms with Gasteiger partial charge in [0, 0.05) is 30.5 Å². The fourth-order valence-corrected chi connectivity index (χ4v) is 5.84. The Bertz CT molecular complexity index is 2030. The number of aromatic nitrogens is 3. The third kappa shape index (κ3) is 6.30. The first-order chi connectivity index (χ1) is 20.9. The fourth-order valence-electron chi connectivity index (χ4n) is 4.85. The fraction of sp³-hybridized carbons (Fsp3) is 0.200. The molecule has 45 heavy (non-hydrogen) atoms. The third-order valence-electron chi connectivity index (χ3n) is 6.81. The molecule has 0 saturated heterocycles. The molecule has 2 heterocycles. The van der Waals surface area contributed by atoms with Gasteiger partial charge in [-0.25, -0.2) is 27.2 Å². The number of benzene rings is 3. The predicted molar refractivity (Wildman–Crippen MR) is 149 cm³/mol. The number of imidazole rings is 1. The summed E-state index contributed by atoms with van der Waals surface area (Å²) in [4.78, 5) is 8.02. The van der Waals surface area contributed by atoms with Crippen LogP contribution in [0.1, 0.15) is 23.0 Å². The Morgan fingerprint density at radius 1 is 0.889 bits per heavy atom. The Labute approximate surface area is 251 Å². The summed E-state index contributed by atoms with van der Waals surface area (Å²) in [5.74, 6) is -4.54. The minimum atomic E-state index is -4.77. The number of sulfone groups is 1. The highest BCUT2D eigenvalue weighted by Gasteiger charge is 2.35. The smallest absolute Gasteiger partial charge is 0.434 e. The zero-order valence-electron chi connectivity index (χ0n) is 23.8. The zero-order chi connectivity index (χ0) is 33.0. The van der Waals surface area contributed by atoms with E-state index in [4.69, 9.17) is 4.42 Å². The van der Waals surface area contributed by atoms with E-state index in [2.05, 4.69) is 14.7 Å². The lowest BCUT2D eigenvalue weighted by Gasteiger charge is -2.15. The minimum Gasteiger partial charge on any atom is -0.440 e. The van der Waals surface area contributed by atoms with Crippen molar-refractivity contribution in [2.75, 3.05) is 6.26 Å². The van der Waals surface area contributed by atoms with E-state index in [9.17, 15) is 39.2 Å². The molecule has 0 aliphatic heterocycles. The summed E-state index contributed by atoms with van der Waals surface area (Å²) in [6, 6.07) is 10.6. The van der Waals surface area contributed by atoms with Gasteiger partial charge in [0.15, 0.2) is 44.6 Å². The number of nitrogens with zero attached hydrogens (tertiary/aromatic N) is 3. The molecule has 0 unspecified atom stereocenters. The molecule has 0 N–H and O–H groups in total. The first-order valence-corrected chi connectivity index (χ1v) is 14.8. The molecule has 0 fully saturated rings. The van der Waals surface area contributed by atoms with Crippen molar-refractivity contribution in [2.24, 2.45) is 0 Å². The topological polar surface area (TPSA) is 87.2 Å². The van der Waals surface area contributed by atoms with E-state index in [1.807, 2.05) is 0 Å². The molecule has 0 saturated carbocycles. The Hall–Kier alpha value is -4.66. The Morgan fingerprint density at radius 3 is 2.09 bits per heavy atom. The maximum atomic E-state index is 14.7. The van der Waals surface area contributed by atoms with Crippen molar-refractivity contribution < 1.29 is 48.3 Å². The second kappa shape index (κ2) is 11.4. The van der Waals surface area contributed by atoms with Gasteiger partial charge in [-0.15, -0.1) is 0 Å². The summed E-state index contributed by atoms with van der Waals surface area (Å²) in [5.41, 5.74) is 0.0452. The van der Waals surface area contributed by atoms with E-state index in [0.717, 1.165) is 17.0 Å². The lowest BCUT2D eigenvalue weighted by Crippen LogP contribution is -2.06.